The second kappa shape index (κ2) is 7.16. The van der Waals surface area contributed by atoms with Gasteiger partial charge in [0.2, 0.25) is 5.91 Å². The summed E-state index contributed by atoms with van der Waals surface area (Å²) in [5, 5.41) is 9.69. The Bertz CT molecular complexity index is 657. The lowest BCUT2D eigenvalue weighted by molar-refractivity contribution is -0.117. The SMILES string of the molecule is CCC1(CO)CCN(C(=O)c2cc(C)ccc2N2CCCC2=O)CC1. The van der Waals surface area contributed by atoms with Crippen LogP contribution in [0.2, 0.25) is 0 Å². The molecule has 2 saturated heterocycles. The van der Waals surface area contributed by atoms with Crippen molar-refractivity contribution in [1.29, 1.82) is 0 Å². The number of benzene rings is 1. The molecule has 0 radical (unpaired) electrons. The number of aryl methyl sites for hydroxylation is 1. The molecule has 136 valence electrons. The van der Waals surface area contributed by atoms with Gasteiger partial charge < -0.3 is 14.9 Å². The second-order valence-electron chi connectivity index (χ2n) is 7.47. The molecule has 0 aromatic heterocycles. The number of amides is 2. The molecule has 0 saturated carbocycles. The van der Waals surface area contributed by atoms with Crippen molar-refractivity contribution in [2.24, 2.45) is 5.41 Å². The van der Waals surface area contributed by atoms with Gasteiger partial charge in [0, 0.05) is 32.7 Å². The minimum atomic E-state index is -0.0445. The Morgan fingerprint density at radius 3 is 2.52 bits per heavy atom. The molecule has 25 heavy (non-hydrogen) atoms. The molecule has 2 aliphatic rings. The molecule has 0 spiro atoms. The number of rotatable bonds is 4. The molecule has 0 unspecified atom stereocenters. The molecular weight excluding hydrogens is 316 g/mol. The minimum Gasteiger partial charge on any atom is -0.396 e. The molecule has 0 atom stereocenters. The Hall–Kier alpha value is -1.88. The number of aliphatic hydroxyl groups excluding tert-OH is 1. The first-order valence-corrected chi connectivity index (χ1v) is 9.31. The highest BCUT2D eigenvalue weighted by Crippen LogP contribution is 2.35. The van der Waals surface area contributed by atoms with Crippen molar-refractivity contribution < 1.29 is 14.7 Å². The van der Waals surface area contributed by atoms with E-state index in [9.17, 15) is 14.7 Å². The van der Waals surface area contributed by atoms with Gasteiger partial charge in [-0.25, -0.2) is 0 Å². The van der Waals surface area contributed by atoms with Gasteiger partial charge in [-0.2, -0.15) is 0 Å². The zero-order valence-corrected chi connectivity index (χ0v) is 15.3. The van der Waals surface area contributed by atoms with Crippen LogP contribution in [0.25, 0.3) is 0 Å². The van der Waals surface area contributed by atoms with Gasteiger partial charge in [0.05, 0.1) is 11.3 Å². The highest BCUT2D eigenvalue weighted by molar-refractivity contribution is 6.05. The number of nitrogens with zero attached hydrogens (tertiary/aromatic N) is 2. The molecule has 2 aliphatic heterocycles. The normalized spacial score (nSPS) is 20.2. The summed E-state index contributed by atoms with van der Waals surface area (Å²) in [4.78, 5) is 28.9. The van der Waals surface area contributed by atoms with Gasteiger partial charge in [-0.15, -0.1) is 0 Å². The first-order chi connectivity index (χ1) is 12.0. The first kappa shape index (κ1) is 17.9. The zero-order chi connectivity index (χ0) is 18.0. The second-order valence-corrected chi connectivity index (χ2v) is 7.47. The molecule has 2 heterocycles. The average molecular weight is 344 g/mol. The number of anilines is 1. The Morgan fingerprint density at radius 2 is 1.96 bits per heavy atom. The molecule has 3 rings (SSSR count). The van der Waals surface area contributed by atoms with E-state index >= 15 is 0 Å². The van der Waals surface area contributed by atoms with Crippen LogP contribution in [-0.4, -0.2) is 48.1 Å². The van der Waals surface area contributed by atoms with Crippen LogP contribution < -0.4 is 4.90 Å². The van der Waals surface area contributed by atoms with E-state index in [-0.39, 0.29) is 23.8 Å². The molecule has 2 fully saturated rings. The lowest BCUT2D eigenvalue weighted by atomic mass is 9.77. The number of hydrogen-bond donors (Lipinski definition) is 1. The third-order valence-corrected chi connectivity index (χ3v) is 5.94. The predicted molar refractivity (Wildman–Crippen MR) is 97.7 cm³/mol. The van der Waals surface area contributed by atoms with Crippen molar-refractivity contribution in [1.82, 2.24) is 4.90 Å². The van der Waals surface area contributed by atoms with Crippen LogP contribution in [0.15, 0.2) is 18.2 Å². The van der Waals surface area contributed by atoms with Gasteiger partial charge in [-0.05, 0) is 50.2 Å². The van der Waals surface area contributed by atoms with Gasteiger partial charge >= 0.3 is 0 Å². The Labute approximate surface area is 149 Å². The van der Waals surface area contributed by atoms with Crippen LogP contribution >= 0.6 is 0 Å². The standard InChI is InChI=1S/C20H28N2O3/c1-3-20(14-23)8-11-21(12-9-20)19(25)16-13-15(2)6-7-17(16)22-10-4-5-18(22)24/h6-7,13,23H,3-5,8-12,14H2,1-2H3. The molecule has 0 bridgehead atoms. The van der Waals surface area contributed by atoms with Crippen molar-refractivity contribution in [3.8, 4) is 0 Å². The molecule has 2 amide bonds. The molecule has 1 aromatic rings. The summed E-state index contributed by atoms with van der Waals surface area (Å²) >= 11 is 0. The topological polar surface area (TPSA) is 60.9 Å². The van der Waals surface area contributed by atoms with Gasteiger partial charge in [0.1, 0.15) is 0 Å². The molecule has 5 heteroatoms. The summed E-state index contributed by atoms with van der Waals surface area (Å²) in [7, 11) is 0. The summed E-state index contributed by atoms with van der Waals surface area (Å²) in [5.41, 5.74) is 2.35. The van der Waals surface area contributed by atoms with E-state index in [0.29, 0.717) is 31.6 Å². The van der Waals surface area contributed by atoms with E-state index in [2.05, 4.69) is 6.92 Å². The van der Waals surface area contributed by atoms with E-state index in [1.807, 2.05) is 30.0 Å². The Kier molecular flexibility index (Phi) is 5.13. The fraction of sp³-hybridized carbons (Fsp3) is 0.600. The fourth-order valence-electron chi connectivity index (χ4n) is 3.94. The van der Waals surface area contributed by atoms with Crippen LogP contribution in [0.1, 0.15) is 54.9 Å². The summed E-state index contributed by atoms with van der Waals surface area (Å²) in [5.74, 6) is 0.0999. The fourth-order valence-corrected chi connectivity index (χ4v) is 3.94. The largest absolute Gasteiger partial charge is 0.396 e. The van der Waals surface area contributed by atoms with Gasteiger partial charge in [-0.1, -0.05) is 18.6 Å². The average Bonchev–Trinajstić information content (AvgIpc) is 3.07. The third-order valence-electron chi connectivity index (χ3n) is 5.94. The predicted octanol–water partition coefficient (Wildman–Crippen LogP) is 2.75. The summed E-state index contributed by atoms with van der Waals surface area (Å²) < 4.78 is 0. The Balaban J connectivity index is 1.83. The summed E-state index contributed by atoms with van der Waals surface area (Å²) in [6.07, 6.45) is 3.99. The molecule has 1 N–H and O–H groups in total. The monoisotopic (exact) mass is 344 g/mol. The maximum atomic E-state index is 13.1. The number of piperidine rings is 1. The number of carbonyl (C=O) groups is 2. The molecular formula is C20H28N2O3. The lowest BCUT2D eigenvalue weighted by Crippen LogP contribution is -2.44. The highest BCUT2D eigenvalue weighted by Gasteiger charge is 2.35. The smallest absolute Gasteiger partial charge is 0.255 e. The van der Waals surface area contributed by atoms with E-state index in [4.69, 9.17) is 0 Å². The third kappa shape index (κ3) is 3.43. The number of likely N-dealkylation sites (tertiary alicyclic amines) is 1. The van der Waals surface area contributed by atoms with E-state index in [0.717, 1.165) is 36.9 Å². The van der Waals surface area contributed by atoms with Crippen LogP contribution in [0, 0.1) is 12.3 Å². The van der Waals surface area contributed by atoms with E-state index in [1.165, 1.54) is 0 Å². The molecule has 0 aliphatic carbocycles. The van der Waals surface area contributed by atoms with Gasteiger partial charge in [0.15, 0.2) is 0 Å². The Morgan fingerprint density at radius 1 is 1.24 bits per heavy atom. The van der Waals surface area contributed by atoms with Crippen molar-refractivity contribution in [2.45, 2.75) is 46.0 Å². The number of aliphatic hydroxyl groups is 1. The summed E-state index contributed by atoms with van der Waals surface area (Å²) in [6, 6.07) is 5.76. The van der Waals surface area contributed by atoms with Crippen molar-refractivity contribution in [3.63, 3.8) is 0 Å². The number of carbonyl (C=O) groups excluding carboxylic acids is 2. The molecule has 1 aromatic carbocycles. The van der Waals surface area contributed by atoms with E-state index < -0.39 is 0 Å². The van der Waals surface area contributed by atoms with Crippen molar-refractivity contribution in [3.05, 3.63) is 29.3 Å². The number of hydrogen-bond acceptors (Lipinski definition) is 3. The maximum absolute atomic E-state index is 13.1. The first-order valence-electron chi connectivity index (χ1n) is 9.31. The van der Waals surface area contributed by atoms with Crippen LogP contribution in [0.5, 0.6) is 0 Å². The zero-order valence-electron chi connectivity index (χ0n) is 15.3. The van der Waals surface area contributed by atoms with Crippen LogP contribution in [0.4, 0.5) is 5.69 Å². The quantitative estimate of drug-likeness (QED) is 0.914. The van der Waals surface area contributed by atoms with Crippen molar-refractivity contribution >= 4 is 17.5 Å². The minimum absolute atomic E-state index is 0.000966. The van der Waals surface area contributed by atoms with Gasteiger partial charge in [-0.3, -0.25) is 9.59 Å². The van der Waals surface area contributed by atoms with Gasteiger partial charge in [0.25, 0.3) is 5.91 Å². The maximum Gasteiger partial charge on any atom is 0.255 e. The van der Waals surface area contributed by atoms with Crippen LogP contribution in [-0.2, 0) is 4.79 Å². The highest BCUT2D eigenvalue weighted by atomic mass is 16.3. The summed E-state index contributed by atoms with van der Waals surface area (Å²) in [6.45, 7) is 6.26. The van der Waals surface area contributed by atoms with Crippen molar-refractivity contribution in [2.75, 3.05) is 31.1 Å². The van der Waals surface area contributed by atoms with E-state index in [1.54, 1.807) is 4.90 Å². The van der Waals surface area contributed by atoms with Crippen LogP contribution in [0.3, 0.4) is 0 Å². The lowest BCUT2D eigenvalue weighted by Gasteiger charge is -2.40. The molecule has 5 nitrogen and oxygen atoms in total.